The van der Waals surface area contributed by atoms with Crippen molar-refractivity contribution in [3.8, 4) is 0 Å². The Labute approximate surface area is 85.6 Å². The zero-order valence-electron chi connectivity index (χ0n) is 9.66. The zero-order valence-corrected chi connectivity index (χ0v) is 9.66. The van der Waals surface area contributed by atoms with Gasteiger partial charge in [0.05, 0.1) is 0 Å². The van der Waals surface area contributed by atoms with Crippen LogP contribution >= 0.6 is 0 Å². The number of H-pyrrole nitrogens is 1. The maximum atomic E-state index is 10.7. The van der Waals surface area contributed by atoms with Crippen molar-refractivity contribution < 1.29 is 0 Å². The van der Waals surface area contributed by atoms with E-state index in [1.54, 1.807) is 0 Å². The van der Waals surface area contributed by atoms with Crippen molar-refractivity contribution in [2.24, 2.45) is 5.92 Å². The van der Waals surface area contributed by atoms with Crippen molar-refractivity contribution in [3.05, 3.63) is 28.4 Å². The number of aromatic nitrogens is 2. The van der Waals surface area contributed by atoms with Gasteiger partial charge < -0.3 is 4.98 Å². The van der Waals surface area contributed by atoms with Crippen LogP contribution in [-0.4, -0.2) is 9.97 Å². The van der Waals surface area contributed by atoms with Gasteiger partial charge in [-0.05, 0) is 5.92 Å². The van der Waals surface area contributed by atoms with Crippen LogP contribution in [0.25, 0.3) is 0 Å². The Kier molecular flexibility index (Phi) is 5.84. The molecule has 0 aliphatic carbocycles. The number of rotatable bonds is 1. The first-order chi connectivity index (χ1) is 6.43. The van der Waals surface area contributed by atoms with Crippen LogP contribution in [0.3, 0.4) is 0 Å². The smallest absolute Gasteiger partial charge is 0.250 e. The van der Waals surface area contributed by atoms with Gasteiger partial charge in [0.15, 0.2) is 0 Å². The Balaban J connectivity index is 0.000000364. The van der Waals surface area contributed by atoms with Gasteiger partial charge in [-0.15, -0.1) is 0 Å². The number of hydrogen-bond acceptors (Lipinski definition) is 2. The summed E-state index contributed by atoms with van der Waals surface area (Å²) in [6, 6.07) is 1.41. The monoisotopic (exact) mass is 196 g/mol. The molecule has 0 spiro atoms. The molecule has 0 unspecified atom stereocenters. The van der Waals surface area contributed by atoms with E-state index in [2.05, 4.69) is 30.7 Å². The lowest BCUT2D eigenvalue weighted by molar-refractivity contribution is 0.737. The third-order valence-corrected chi connectivity index (χ3v) is 1.24. The summed E-state index contributed by atoms with van der Waals surface area (Å²) in [5.41, 5.74) is -0.0845. The summed E-state index contributed by atoms with van der Waals surface area (Å²) in [6.07, 6.45) is 1.52. The molecule has 1 aromatic rings. The van der Waals surface area contributed by atoms with Gasteiger partial charge >= 0.3 is 0 Å². The normalized spacial score (nSPS) is 9.93. The molecule has 0 saturated heterocycles. The van der Waals surface area contributed by atoms with Crippen molar-refractivity contribution in [1.29, 1.82) is 0 Å². The van der Waals surface area contributed by atoms with Crippen LogP contribution in [0.15, 0.2) is 17.1 Å². The number of aromatic amines is 1. The molecule has 1 aromatic heterocycles. The lowest BCUT2D eigenvalue weighted by Crippen LogP contribution is -2.09. The summed E-state index contributed by atoms with van der Waals surface area (Å²) in [6.45, 7) is 10.5. The maximum Gasteiger partial charge on any atom is 0.250 e. The van der Waals surface area contributed by atoms with Gasteiger partial charge in [0.2, 0.25) is 0 Å². The Hall–Kier alpha value is -1.12. The molecule has 1 rings (SSSR count). The summed E-state index contributed by atoms with van der Waals surface area (Å²) in [5.74, 6) is 1.86. The molecule has 0 radical (unpaired) electrons. The van der Waals surface area contributed by atoms with Gasteiger partial charge in [0.1, 0.15) is 5.82 Å². The van der Waals surface area contributed by atoms with E-state index in [4.69, 9.17) is 0 Å². The molecule has 1 heterocycles. The van der Waals surface area contributed by atoms with Gasteiger partial charge in [-0.3, -0.25) is 4.79 Å². The Morgan fingerprint density at radius 1 is 1.21 bits per heavy atom. The molecule has 0 aliphatic rings. The Morgan fingerprint density at radius 3 is 2.00 bits per heavy atom. The third-order valence-electron chi connectivity index (χ3n) is 1.24. The Bertz CT molecular complexity index is 299. The second kappa shape index (κ2) is 6.35. The third kappa shape index (κ3) is 6.40. The molecule has 0 amide bonds. The first-order valence-electron chi connectivity index (χ1n) is 4.98. The lowest BCUT2D eigenvalue weighted by atomic mass is 10.2. The van der Waals surface area contributed by atoms with Crippen molar-refractivity contribution in [2.75, 3.05) is 0 Å². The van der Waals surface area contributed by atoms with E-state index in [1.165, 1.54) is 12.3 Å². The highest BCUT2D eigenvalue weighted by molar-refractivity contribution is 4.93. The number of nitrogens with one attached hydrogen (secondary N) is 1. The molecule has 0 saturated carbocycles. The van der Waals surface area contributed by atoms with Gasteiger partial charge in [0.25, 0.3) is 5.56 Å². The van der Waals surface area contributed by atoms with Crippen LogP contribution in [0.2, 0.25) is 0 Å². The SMILES string of the molecule is CC(C)C.CC(C)c1nccc(=O)[nH]1. The standard InChI is InChI=1S/C7H10N2O.C4H10/c1-5(2)7-8-4-3-6(10)9-7;1-4(2)3/h3-5H,1-2H3,(H,8,9,10);4H,1-3H3. The topological polar surface area (TPSA) is 45.8 Å². The molecule has 0 bridgehead atoms. The van der Waals surface area contributed by atoms with E-state index < -0.39 is 0 Å². The van der Waals surface area contributed by atoms with E-state index in [-0.39, 0.29) is 11.5 Å². The number of nitrogens with zero attached hydrogens (tertiary/aromatic N) is 1. The highest BCUT2D eigenvalue weighted by Gasteiger charge is 1.98. The van der Waals surface area contributed by atoms with Crippen molar-refractivity contribution in [3.63, 3.8) is 0 Å². The molecule has 80 valence electrons. The molecular weight excluding hydrogens is 176 g/mol. The molecule has 0 atom stereocenters. The van der Waals surface area contributed by atoms with E-state index >= 15 is 0 Å². The van der Waals surface area contributed by atoms with Gasteiger partial charge in [-0.1, -0.05) is 34.6 Å². The highest BCUT2D eigenvalue weighted by atomic mass is 16.1. The minimum atomic E-state index is -0.0845. The summed E-state index contributed by atoms with van der Waals surface area (Å²) < 4.78 is 0. The van der Waals surface area contributed by atoms with E-state index in [9.17, 15) is 4.79 Å². The molecule has 0 aromatic carbocycles. The predicted molar refractivity (Wildman–Crippen MR) is 59.5 cm³/mol. The average Bonchev–Trinajstić information content (AvgIpc) is 2.03. The zero-order chi connectivity index (χ0) is 11.1. The molecule has 3 heteroatoms. The van der Waals surface area contributed by atoms with E-state index in [1.807, 2.05) is 13.8 Å². The molecule has 1 N–H and O–H groups in total. The van der Waals surface area contributed by atoms with Gasteiger partial charge in [0, 0.05) is 18.2 Å². The second-order valence-electron chi connectivity index (χ2n) is 4.21. The summed E-state index contributed by atoms with van der Waals surface area (Å²) in [4.78, 5) is 17.3. The molecule has 0 aliphatic heterocycles. The highest BCUT2D eigenvalue weighted by Crippen LogP contribution is 2.03. The van der Waals surface area contributed by atoms with Crippen molar-refractivity contribution in [1.82, 2.24) is 9.97 Å². The van der Waals surface area contributed by atoms with Gasteiger partial charge in [-0.2, -0.15) is 0 Å². The van der Waals surface area contributed by atoms with Crippen LogP contribution in [0.1, 0.15) is 46.4 Å². The fourth-order valence-electron chi connectivity index (χ4n) is 0.679. The summed E-state index contributed by atoms with van der Waals surface area (Å²) in [7, 11) is 0. The summed E-state index contributed by atoms with van der Waals surface area (Å²) >= 11 is 0. The molecule has 3 nitrogen and oxygen atoms in total. The minimum absolute atomic E-state index is 0.0845. The maximum absolute atomic E-state index is 10.7. The first kappa shape index (κ1) is 12.9. The van der Waals surface area contributed by atoms with Crippen LogP contribution in [-0.2, 0) is 0 Å². The van der Waals surface area contributed by atoms with Crippen LogP contribution < -0.4 is 5.56 Å². The minimum Gasteiger partial charge on any atom is -0.310 e. The number of hydrogen-bond donors (Lipinski definition) is 1. The summed E-state index contributed by atoms with van der Waals surface area (Å²) in [5, 5.41) is 0. The fourth-order valence-corrected chi connectivity index (χ4v) is 0.679. The van der Waals surface area contributed by atoms with Crippen LogP contribution in [0, 0.1) is 5.92 Å². The van der Waals surface area contributed by atoms with Gasteiger partial charge in [-0.25, -0.2) is 4.98 Å². The molecular formula is C11H20N2O. The largest absolute Gasteiger partial charge is 0.310 e. The quantitative estimate of drug-likeness (QED) is 0.750. The van der Waals surface area contributed by atoms with Crippen LogP contribution in [0.4, 0.5) is 0 Å². The second-order valence-corrected chi connectivity index (χ2v) is 4.21. The lowest BCUT2D eigenvalue weighted by Gasteiger charge is -2.00. The van der Waals surface area contributed by atoms with E-state index in [0.717, 1.165) is 11.7 Å². The van der Waals surface area contributed by atoms with E-state index in [0.29, 0.717) is 0 Å². The predicted octanol–water partition coefficient (Wildman–Crippen LogP) is 2.56. The average molecular weight is 196 g/mol. The molecule has 0 fully saturated rings. The van der Waals surface area contributed by atoms with Crippen LogP contribution in [0.5, 0.6) is 0 Å². The fraction of sp³-hybridized carbons (Fsp3) is 0.636. The van der Waals surface area contributed by atoms with Crippen molar-refractivity contribution in [2.45, 2.75) is 40.5 Å². The Morgan fingerprint density at radius 2 is 1.71 bits per heavy atom. The molecule has 14 heavy (non-hydrogen) atoms. The van der Waals surface area contributed by atoms with Crippen molar-refractivity contribution >= 4 is 0 Å². The first-order valence-corrected chi connectivity index (χ1v) is 4.98.